The molecule has 0 spiro atoms. The van der Waals surface area contributed by atoms with E-state index >= 15 is 0 Å². The Morgan fingerprint density at radius 1 is 1.04 bits per heavy atom. The lowest BCUT2D eigenvalue weighted by atomic mass is 9.80. The third-order valence-corrected chi connectivity index (χ3v) is 9.33. The molecule has 3 amide bonds. The number of hydrogen-bond donors (Lipinski definition) is 1. The van der Waals surface area contributed by atoms with Crippen molar-refractivity contribution in [3.05, 3.63) is 113 Å². The zero-order valence-corrected chi connectivity index (χ0v) is 28.3. The van der Waals surface area contributed by atoms with Crippen LogP contribution in [-0.2, 0) is 15.7 Å². The second kappa shape index (κ2) is 14.9. The Kier molecular flexibility index (Phi) is 10.4. The molecule has 2 aliphatic rings. The average molecular weight is 718 g/mol. The number of likely N-dealkylation sites (N-methyl/N-ethyl adjacent to an activating group) is 2. The number of amides is 3. The number of nitrogens with one attached hydrogen (secondary N) is 1. The van der Waals surface area contributed by atoms with E-state index in [4.69, 9.17) is 9.84 Å². The first-order valence-corrected chi connectivity index (χ1v) is 16.6. The van der Waals surface area contributed by atoms with Gasteiger partial charge < -0.3 is 15.0 Å². The molecule has 4 aromatic rings. The summed E-state index contributed by atoms with van der Waals surface area (Å²) in [7, 11) is 1.89. The van der Waals surface area contributed by atoms with Gasteiger partial charge in [-0.1, -0.05) is 36.4 Å². The highest BCUT2D eigenvalue weighted by Crippen LogP contribution is 2.44. The van der Waals surface area contributed by atoms with E-state index in [0.717, 1.165) is 12.1 Å². The molecule has 2 unspecified atom stereocenters. The van der Waals surface area contributed by atoms with Gasteiger partial charge in [0, 0.05) is 36.7 Å². The van der Waals surface area contributed by atoms with Gasteiger partial charge in [0.1, 0.15) is 24.2 Å². The Morgan fingerprint density at radius 3 is 2.37 bits per heavy atom. The quantitative estimate of drug-likeness (QED) is 0.178. The number of para-hydroxylation sites is 1. The molecule has 0 bridgehead atoms. The van der Waals surface area contributed by atoms with Crippen molar-refractivity contribution in [3.63, 3.8) is 0 Å². The van der Waals surface area contributed by atoms with Gasteiger partial charge in [0.15, 0.2) is 5.69 Å². The number of halogens is 4. The topological polar surface area (TPSA) is 124 Å². The summed E-state index contributed by atoms with van der Waals surface area (Å²) in [5, 5.41) is 17.2. The van der Waals surface area contributed by atoms with Crippen LogP contribution in [0.4, 0.5) is 23.4 Å². The number of fused-ring (bicyclic) bond motifs is 1. The van der Waals surface area contributed by atoms with E-state index in [-0.39, 0.29) is 48.3 Å². The van der Waals surface area contributed by atoms with Crippen LogP contribution in [0.5, 0.6) is 0 Å². The molecule has 3 aromatic carbocycles. The van der Waals surface area contributed by atoms with Crippen LogP contribution in [0.25, 0.3) is 5.69 Å². The number of nitrogens with zero attached hydrogens (tertiary/aromatic N) is 6. The normalized spacial score (nSPS) is 17.3. The fraction of sp³-hybridized carbons (Fsp3) is 0.324. The lowest BCUT2D eigenvalue weighted by molar-refractivity contribution is -0.137. The average Bonchev–Trinajstić information content (AvgIpc) is 3.50. The van der Waals surface area contributed by atoms with Crippen molar-refractivity contribution in [1.29, 1.82) is 5.26 Å². The highest BCUT2D eigenvalue weighted by atomic mass is 19.4. The number of carbonyl (C=O) groups is 3. The maximum absolute atomic E-state index is 14.6. The summed E-state index contributed by atoms with van der Waals surface area (Å²) in [4.78, 5) is 47.5. The number of carbonyl (C=O) groups excluding carboxylic acids is 3. The van der Waals surface area contributed by atoms with E-state index in [0.29, 0.717) is 37.1 Å². The number of ether oxygens (including phenoxy) is 1. The van der Waals surface area contributed by atoms with E-state index < -0.39 is 47.2 Å². The van der Waals surface area contributed by atoms with Crippen molar-refractivity contribution < 1.29 is 36.7 Å². The number of aromatic nitrogens is 2. The number of nitriles is 1. The minimum atomic E-state index is -4.72. The zero-order chi connectivity index (χ0) is 37.2. The summed E-state index contributed by atoms with van der Waals surface area (Å²) in [6.45, 7) is 3.13. The SMILES string of the molecule is CCN1C(=O)C(NC(=O)c2cccc(C(F)(F)F)c2)C(c2ccc(F)cc2)c2c(C(=O)N(CC#N)CCN(C)C3COC3)nn(-c3ccccc3)c21. The minimum absolute atomic E-state index is 0.0558. The van der Waals surface area contributed by atoms with Crippen LogP contribution in [0, 0.1) is 17.1 Å². The molecule has 1 N–H and O–H groups in total. The predicted molar refractivity (Wildman–Crippen MR) is 181 cm³/mol. The van der Waals surface area contributed by atoms with Crippen LogP contribution in [0.2, 0.25) is 0 Å². The fourth-order valence-electron chi connectivity index (χ4n) is 6.42. The standard InChI is InChI=1S/C37H35F4N7O4/c1-3-47-34-30(32(44-48(34)27-10-5-4-6-11-27)35(50)46(17-16-42)19-18-45(2)28-21-52-22-28)29(23-12-14-26(38)15-13-23)31(36(47)51)43-33(49)24-8-7-9-25(20-24)37(39,40)41/h4-15,20,28-29,31H,3,17-19,21-22H2,1-2H3,(H,43,49). The van der Waals surface area contributed by atoms with Gasteiger partial charge in [0.05, 0.1) is 36.6 Å². The molecule has 0 saturated carbocycles. The highest BCUT2D eigenvalue weighted by molar-refractivity contribution is 6.07. The van der Waals surface area contributed by atoms with Gasteiger partial charge in [-0.05, 0) is 62.0 Å². The monoisotopic (exact) mass is 717 g/mol. The van der Waals surface area contributed by atoms with Crippen LogP contribution in [0.3, 0.4) is 0 Å². The van der Waals surface area contributed by atoms with Gasteiger partial charge in [0.25, 0.3) is 17.7 Å². The van der Waals surface area contributed by atoms with Crippen LogP contribution in [-0.4, -0.2) is 95.8 Å². The van der Waals surface area contributed by atoms with Crippen LogP contribution in [0.15, 0.2) is 78.9 Å². The Balaban J connectivity index is 1.51. The third kappa shape index (κ3) is 7.12. The molecule has 1 fully saturated rings. The largest absolute Gasteiger partial charge is 0.416 e. The first kappa shape index (κ1) is 36.2. The van der Waals surface area contributed by atoms with Gasteiger partial charge in [-0.2, -0.15) is 23.5 Å². The maximum Gasteiger partial charge on any atom is 0.416 e. The molecule has 15 heteroatoms. The fourth-order valence-corrected chi connectivity index (χ4v) is 6.42. The van der Waals surface area contributed by atoms with Crippen molar-refractivity contribution in [3.8, 4) is 11.8 Å². The number of rotatable bonds is 11. The number of benzene rings is 3. The zero-order valence-electron chi connectivity index (χ0n) is 28.3. The second-order valence-corrected chi connectivity index (χ2v) is 12.5. The first-order valence-electron chi connectivity index (χ1n) is 16.6. The summed E-state index contributed by atoms with van der Waals surface area (Å²) in [6, 6.07) is 18.5. The van der Waals surface area contributed by atoms with Gasteiger partial charge in [-0.25, -0.2) is 9.07 Å². The molecule has 11 nitrogen and oxygen atoms in total. The van der Waals surface area contributed by atoms with E-state index in [2.05, 4.69) is 5.32 Å². The Labute approximate surface area is 297 Å². The van der Waals surface area contributed by atoms with Crippen molar-refractivity contribution in [2.75, 3.05) is 51.3 Å². The van der Waals surface area contributed by atoms with E-state index in [1.807, 2.05) is 18.0 Å². The molecule has 270 valence electrons. The molecule has 1 saturated heterocycles. The minimum Gasteiger partial charge on any atom is -0.378 e. The molecule has 0 aliphatic carbocycles. The molecule has 52 heavy (non-hydrogen) atoms. The van der Waals surface area contributed by atoms with Crippen molar-refractivity contribution >= 4 is 23.5 Å². The van der Waals surface area contributed by atoms with E-state index in [1.165, 1.54) is 44.8 Å². The molecule has 3 heterocycles. The smallest absolute Gasteiger partial charge is 0.378 e. The van der Waals surface area contributed by atoms with Gasteiger partial charge in [-0.3, -0.25) is 24.2 Å². The molecule has 1 aromatic heterocycles. The van der Waals surface area contributed by atoms with Crippen molar-refractivity contribution in [2.24, 2.45) is 0 Å². The molecule has 2 atom stereocenters. The molecular formula is C37H35F4N7O4. The molecule has 6 rings (SSSR count). The third-order valence-electron chi connectivity index (χ3n) is 9.33. The molecule has 0 radical (unpaired) electrons. The highest BCUT2D eigenvalue weighted by Gasteiger charge is 2.48. The van der Waals surface area contributed by atoms with Crippen molar-refractivity contribution in [2.45, 2.75) is 31.1 Å². The maximum atomic E-state index is 14.6. The van der Waals surface area contributed by atoms with E-state index in [1.54, 1.807) is 37.3 Å². The van der Waals surface area contributed by atoms with Gasteiger partial charge in [0.2, 0.25) is 0 Å². The molecular weight excluding hydrogens is 682 g/mol. The summed E-state index contributed by atoms with van der Waals surface area (Å²) < 4.78 is 61.8. The lowest BCUT2D eigenvalue weighted by Gasteiger charge is -2.38. The first-order chi connectivity index (χ1) is 24.9. The van der Waals surface area contributed by atoms with Gasteiger partial charge >= 0.3 is 6.18 Å². The van der Waals surface area contributed by atoms with Gasteiger partial charge in [-0.15, -0.1) is 0 Å². The Hall–Kier alpha value is -5.59. The summed E-state index contributed by atoms with van der Waals surface area (Å²) in [5.74, 6) is -3.72. The molecule has 2 aliphatic heterocycles. The van der Waals surface area contributed by atoms with Crippen molar-refractivity contribution in [1.82, 2.24) is 24.9 Å². The van der Waals surface area contributed by atoms with Crippen LogP contribution < -0.4 is 10.2 Å². The number of anilines is 1. The lowest BCUT2D eigenvalue weighted by Crippen LogP contribution is -2.55. The second-order valence-electron chi connectivity index (χ2n) is 12.5. The van der Waals surface area contributed by atoms with E-state index in [9.17, 15) is 37.2 Å². The summed E-state index contributed by atoms with van der Waals surface area (Å²) in [6.07, 6.45) is -4.72. The number of alkyl halides is 3. The Bertz CT molecular complexity index is 1990. The number of hydrogen-bond acceptors (Lipinski definition) is 7. The van der Waals surface area contributed by atoms with Crippen LogP contribution in [0.1, 0.15) is 50.4 Å². The van der Waals surface area contributed by atoms with Crippen LogP contribution >= 0.6 is 0 Å². The summed E-state index contributed by atoms with van der Waals surface area (Å²) >= 11 is 0. The predicted octanol–water partition coefficient (Wildman–Crippen LogP) is 4.62. The Morgan fingerprint density at radius 2 is 1.75 bits per heavy atom. The summed E-state index contributed by atoms with van der Waals surface area (Å²) in [5.41, 5.74) is -0.439.